The molecule has 0 atom stereocenters. The van der Waals surface area contributed by atoms with Crippen LogP contribution < -0.4 is 0 Å². The van der Waals surface area contributed by atoms with Gasteiger partial charge in [-0.2, -0.15) is 0 Å². The molecule has 2 aromatic rings. The topological polar surface area (TPSA) is 56.0 Å². The van der Waals surface area contributed by atoms with Crippen molar-refractivity contribution in [2.45, 2.75) is 5.03 Å². The Kier molecular flexibility index (Phi) is 3.39. The Labute approximate surface area is 103 Å². The summed E-state index contributed by atoms with van der Waals surface area (Å²) in [7, 11) is 0. The molecule has 0 saturated heterocycles. The van der Waals surface area contributed by atoms with Gasteiger partial charge in [-0.1, -0.05) is 6.07 Å². The molecule has 0 bridgehead atoms. The second-order valence-electron chi connectivity index (χ2n) is 3.37. The Balaban J connectivity index is 2.36. The molecule has 1 aromatic heterocycles. The number of rotatable bonds is 3. The van der Waals surface area contributed by atoms with Gasteiger partial charge in [0.25, 0.3) is 5.69 Å². The average molecular weight is 246 g/mol. The van der Waals surface area contributed by atoms with Crippen LogP contribution in [0.15, 0.2) is 47.5 Å². The Morgan fingerprint density at radius 1 is 1.18 bits per heavy atom. The summed E-state index contributed by atoms with van der Waals surface area (Å²) in [6, 6.07) is 12.1. The number of aromatic nitrogens is 1. The molecule has 1 aromatic carbocycles. The molecule has 0 radical (unpaired) electrons. The molecule has 0 aliphatic heterocycles. The molecular weight excluding hydrogens is 236 g/mol. The summed E-state index contributed by atoms with van der Waals surface area (Å²) in [5, 5.41) is 11.5. The van der Waals surface area contributed by atoms with Crippen LogP contribution in [-0.4, -0.2) is 16.2 Å². The van der Waals surface area contributed by atoms with E-state index in [1.54, 1.807) is 23.9 Å². The normalized spacial score (nSPS) is 10.2. The van der Waals surface area contributed by atoms with Crippen LogP contribution in [0.2, 0.25) is 0 Å². The molecule has 4 nitrogen and oxygen atoms in total. The molecule has 5 heteroatoms. The van der Waals surface area contributed by atoms with Crippen molar-refractivity contribution in [1.29, 1.82) is 0 Å². The lowest BCUT2D eigenvalue weighted by Gasteiger charge is -2.02. The molecule has 0 spiro atoms. The Morgan fingerprint density at radius 2 is 1.88 bits per heavy atom. The highest BCUT2D eigenvalue weighted by atomic mass is 32.2. The summed E-state index contributed by atoms with van der Waals surface area (Å²) in [6.07, 6.45) is 1.96. The molecule has 0 fully saturated rings. The van der Waals surface area contributed by atoms with E-state index in [2.05, 4.69) is 4.98 Å². The Bertz CT molecular complexity index is 540. The van der Waals surface area contributed by atoms with Crippen LogP contribution in [0.25, 0.3) is 11.3 Å². The van der Waals surface area contributed by atoms with Gasteiger partial charge in [0.2, 0.25) is 0 Å². The molecular formula is C12H10N2O2S. The standard InChI is InChI=1S/C12H10N2O2S/c1-17-12-4-2-3-11(13-12)9-5-7-10(8-6-9)14(15)16/h2-8H,1H3. The van der Waals surface area contributed by atoms with E-state index in [9.17, 15) is 10.1 Å². The highest BCUT2D eigenvalue weighted by Crippen LogP contribution is 2.22. The second-order valence-corrected chi connectivity index (χ2v) is 4.20. The van der Waals surface area contributed by atoms with E-state index in [0.717, 1.165) is 16.3 Å². The number of nitro groups is 1. The molecule has 2 rings (SSSR count). The monoisotopic (exact) mass is 246 g/mol. The highest BCUT2D eigenvalue weighted by molar-refractivity contribution is 7.98. The minimum absolute atomic E-state index is 0.0924. The van der Waals surface area contributed by atoms with Gasteiger partial charge in [0.15, 0.2) is 0 Å². The van der Waals surface area contributed by atoms with Crippen LogP contribution >= 0.6 is 11.8 Å². The van der Waals surface area contributed by atoms with Gasteiger partial charge in [0, 0.05) is 17.7 Å². The number of non-ortho nitro benzene ring substituents is 1. The molecule has 0 saturated carbocycles. The van der Waals surface area contributed by atoms with Crippen molar-refractivity contribution in [3.63, 3.8) is 0 Å². The lowest BCUT2D eigenvalue weighted by atomic mass is 10.1. The van der Waals surface area contributed by atoms with Gasteiger partial charge in [-0.15, -0.1) is 11.8 Å². The summed E-state index contributed by atoms with van der Waals surface area (Å²) in [5.41, 5.74) is 1.80. The summed E-state index contributed by atoms with van der Waals surface area (Å²) in [6.45, 7) is 0. The summed E-state index contributed by atoms with van der Waals surface area (Å²) >= 11 is 1.57. The first-order chi connectivity index (χ1) is 8.20. The van der Waals surface area contributed by atoms with Crippen molar-refractivity contribution in [3.8, 4) is 11.3 Å². The zero-order valence-electron chi connectivity index (χ0n) is 9.16. The van der Waals surface area contributed by atoms with E-state index in [1.807, 2.05) is 24.5 Å². The number of pyridine rings is 1. The first kappa shape index (κ1) is 11.6. The average Bonchev–Trinajstić information content (AvgIpc) is 2.39. The number of benzene rings is 1. The maximum absolute atomic E-state index is 10.5. The van der Waals surface area contributed by atoms with Gasteiger partial charge in [-0.25, -0.2) is 4.98 Å². The number of nitro benzene ring substituents is 1. The van der Waals surface area contributed by atoms with Crippen LogP contribution in [0, 0.1) is 10.1 Å². The summed E-state index contributed by atoms with van der Waals surface area (Å²) in [5.74, 6) is 0. The molecule has 0 unspecified atom stereocenters. The quantitative estimate of drug-likeness (QED) is 0.473. The van der Waals surface area contributed by atoms with Crippen molar-refractivity contribution in [1.82, 2.24) is 4.98 Å². The van der Waals surface area contributed by atoms with Crippen LogP contribution in [0.1, 0.15) is 0 Å². The fraction of sp³-hybridized carbons (Fsp3) is 0.0833. The zero-order chi connectivity index (χ0) is 12.3. The van der Waals surface area contributed by atoms with Crippen molar-refractivity contribution >= 4 is 17.4 Å². The van der Waals surface area contributed by atoms with E-state index in [1.165, 1.54) is 12.1 Å². The molecule has 0 aliphatic rings. The fourth-order valence-corrected chi connectivity index (χ4v) is 1.85. The summed E-state index contributed by atoms with van der Waals surface area (Å²) in [4.78, 5) is 14.6. The number of thioether (sulfide) groups is 1. The SMILES string of the molecule is CSc1cccc(-c2ccc([N+](=O)[O-])cc2)n1. The van der Waals surface area contributed by atoms with Crippen LogP contribution in [0.4, 0.5) is 5.69 Å². The smallest absolute Gasteiger partial charge is 0.258 e. The van der Waals surface area contributed by atoms with E-state index in [-0.39, 0.29) is 5.69 Å². The molecule has 1 heterocycles. The van der Waals surface area contributed by atoms with E-state index in [4.69, 9.17) is 0 Å². The number of hydrogen-bond acceptors (Lipinski definition) is 4. The summed E-state index contributed by atoms with van der Waals surface area (Å²) < 4.78 is 0. The predicted molar refractivity (Wildman–Crippen MR) is 68.1 cm³/mol. The van der Waals surface area contributed by atoms with Crippen LogP contribution in [0.3, 0.4) is 0 Å². The second kappa shape index (κ2) is 4.97. The van der Waals surface area contributed by atoms with Crippen molar-refractivity contribution in [3.05, 3.63) is 52.6 Å². The van der Waals surface area contributed by atoms with Crippen LogP contribution in [-0.2, 0) is 0 Å². The van der Waals surface area contributed by atoms with Crippen molar-refractivity contribution in [2.24, 2.45) is 0 Å². The van der Waals surface area contributed by atoms with Gasteiger partial charge in [-0.3, -0.25) is 10.1 Å². The third-order valence-corrected chi connectivity index (χ3v) is 2.95. The lowest BCUT2D eigenvalue weighted by Crippen LogP contribution is -1.88. The van der Waals surface area contributed by atoms with Gasteiger partial charge >= 0.3 is 0 Å². The van der Waals surface area contributed by atoms with E-state index >= 15 is 0 Å². The zero-order valence-corrected chi connectivity index (χ0v) is 9.98. The number of nitrogens with zero attached hydrogens (tertiary/aromatic N) is 2. The minimum atomic E-state index is -0.407. The van der Waals surface area contributed by atoms with Gasteiger partial charge in [0.1, 0.15) is 0 Å². The largest absolute Gasteiger partial charge is 0.269 e. The van der Waals surface area contributed by atoms with Gasteiger partial charge in [0.05, 0.1) is 15.6 Å². The van der Waals surface area contributed by atoms with Gasteiger partial charge in [-0.05, 0) is 30.5 Å². The molecule has 0 aliphatic carbocycles. The van der Waals surface area contributed by atoms with Crippen molar-refractivity contribution < 1.29 is 4.92 Å². The van der Waals surface area contributed by atoms with E-state index < -0.39 is 4.92 Å². The Morgan fingerprint density at radius 3 is 2.47 bits per heavy atom. The molecule has 0 amide bonds. The highest BCUT2D eigenvalue weighted by Gasteiger charge is 2.06. The molecule has 0 N–H and O–H groups in total. The van der Waals surface area contributed by atoms with Gasteiger partial charge < -0.3 is 0 Å². The third-order valence-electron chi connectivity index (χ3n) is 2.31. The first-order valence-electron chi connectivity index (χ1n) is 4.96. The first-order valence-corrected chi connectivity index (χ1v) is 6.19. The fourth-order valence-electron chi connectivity index (χ4n) is 1.44. The maximum atomic E-state index is 10.5. The molecule has 86 valence electrons. The predicted octanol–water partition coefficient (Wildman–Crippen LogP) is 3.38. The number of hydrogen-bond donors (Lipinski definition) is 0. The van der Waals surface area contributed by atoms with Crippen molar-refractivity contribution in [2.75, 3.05) is 6.26 Å². The van der Waals surface area contributed by atoms with E-state index in [0.29, 0.717) is 0 Å². The van der Waals surface area contributed by atoms with Crippen LogP contribution in [0.5, 0.6) is 0 Å². The molecule has 17 heavy (non-hydrogen) atoms. The third kappa shape index (κ3) is 2.62. The maximum Gasteiger partial charge on any atom is 0.269 e. The lowest BCUT2D eigenvalue weighted by molar-refractivity contribution is -0.384. The Hall–Kier alpha value is -1.88. The minimum Gasteiger partial charge on any atom is -0.258 e.